The second-order valence-corrected chi connectivity index (χ2v) is 7.09. The Kier molecular flexibility index (Phi) is 8.34. The normalized spacial score (nSPS) is 11.0. The van der Waals surface area contributed by atoms with Crippen molar-refractivity contribution in [2.24, 2.45) is 0 Å². The van der Waals surface area contributed by atoms with Crippen LogP contribution >= 0.6 is 15.9 Å². The van der Waals surface area contributed by atoms with Crippen LogP contribution in [-0.2, 0) is 13.0 Å². The van der Waals surface area contributed by atoms with E-state index in [4.69, 9.17) is 4.74 Å². The third-order valence-corrected chi connectivity index (χ3v) is 4.67. The smallest absolute Gasteiger partial charge is 0.119 e. The van der Waals surface area contributed by atoms with Crippen LogP contribution in [0.2, 0.25) is 0 Å². The Balaban J connectivity index is 1.78. The molecule has 6 nitrogen and oxygen atoms in total. The molecule has 2 rings (SSSR count). The van der Waals surface area contributed by atoms with Crippen LogP contribution < -0.4 is 15.3 Å². The lowest BCUT2D eigenvalue weighted by Crippen LogP contribution is -2.20. The Morgan fingerprint density at radius 2 is 1.88 bits per heavy atom. The van der Waals surface area contributed by atoms with Crippen LogP contribution in [-0.4, -0.2) is 43.9 Å². The van der Waals surface area contributed by atoms with Gasteiger partial charge in [-0.1, -0.05) is 34.1 Å². The van der Waals surface area contributed by atoms with Gasteiger partial charge in [0.1, 0.15) is 12.4 Å². The van der Waals surface area contributed by atoms with Gasteiger partial charge in [-0.05, 0) is 56.9 Å². The highest BCUT2D eigenvalue weighted by molar-refractivity contribution is 9.10. The number of hydrogen-bond donors (Lipinski definition) is 2. The second kappa shape index (κ2) is 10.5. The maximum Gasteiger partial charge on any atom is 0.119 e. The summed E-state index contributed by atoms with van der Waals surface area (Å²) < 4.78 is 6.47. The average Bonchev–Trinajstić information content (AvgIpc) is 2.60. The van der Waals surface area contributed by atoms with E-state index in [0.29, 0.717) is 13.2 Å². The summed E-state index contributed by atoms with van der Waals surface area (Å²) in [6, 6.07) is 13.2. The van der Waals surface area contributed by atoms with E-state index < -0.39 is 0 Å². The summed E-state index contributed by atoms with van der Waals surface area (Å²) in [5.41, 5.74) is 2.18. The third kappa shape index (κ3) is 6.59. The Morgan fingerprint density at radius 1 is 1.15 bits per heavy atom. The van der Waals surface area contributed by atoms with Crippen LogP contribution in [0.5, 0.6) is 5.75 Å². The molecule has 0 radical (unpaired) electrons. The molecule has 26 heavy (non-hydrogen) atoms. The molecule has 0 bridgehead atoms. The maximum atomic E-state index is 11.2. The maximum absolute atomic E-state index is 11.2. The largest absolute Gasteiger partial charge is 0.733 e. The molecule has 0 heterocycles. The molecule has 2 aromatic carbocycles. The Hall–Kier alpha value is -1.64. The van der Waals surface area contributed by atoms with Gasteiger partial charge in [-0.2, -0.15) is 0 Å². The highest BCUT2D eigenvalue weighted by Gasteiger charge is 2.07. The molecule has 0 spiro atoms. The van der Waals surface area contributed by atoms with Crippen molar-refractivity contribution in [2.75, 3.05) is 39.0 Å². The van der Waals surface area contributed by atoms with E-state index in [2.05, 4.69) is 38.3 Å². The van der Waals surface area contributed by atoms with E-state index in [1.807, 2.05) is 32.3 Å². The summed E-state index contributed by atoms with van der Waals surface area (Å²) in [7, 11) is 4.04. The number of likely N-dealkylation sites (N-methyl/N-ethyl adjacent to an activating group) is 1. The summed E-state index contributed by atoms with van der Waals surface area (Å²) in [5, 5.41) is 23.6. The molecule has 2 N–H and O–H groups in total. The van der Waals surface area contributed by atoms with Gasteiger partial charge in [0.05, 0.1) is 5.69 Å². The Bertz CT molecular complexity index is 678. The van der Waals surface area contributed by atoms with Crippen LogP contribution in [0.4, 0.5) is 5.69 Å². The van der Waals surface area contributed by atoms with E-state index in [9.17, 15) is 10.4 Å². The Morgan fingerprint density at radius 3 is 2.54 bits per heavy atom. The van der Waals surface area contributed by atoms with Crippen molar-refractivity contribution in [3.8, 4) is 5.75 Å². The molecule has 7 heteroatoms. The molecular formula is C19H25BrN3O3-. The number of anilines is 1. The molecule has 0 atom stereocenters. The van der Waals surface area contributed by atoms with Crippen molar-refractivity contribution in [1.82, 2.24) is 10.2 Å². The topological polar surface area (TPSA) is 71.0 Å². The lowest BCUT2D eigenvalue weighted by atomic mass is 10.1. The van der Waals surface area contributed by atoms with Crippen molar-refractivity contribution in [2.45, 2.75) is 13.0 Å². The molecule has 0 saturated heterocycles. The molecule has 142 valence electrons. The van der Waals surface area contributed by atoms with Gasteiger partial charge in [-0.25, -0.2) is 0 Å². The molecule has 0 saturated carbocycles. The third-order valence-electron chi connectivity index (χ3n) is 3.92. The van der Waals surface area contributed by atoms with E-state index in [1.54, 1.807) is 12.1 Å². The average molecular weight is 423 g/mol. The second-order valence-electron chi connectivity index (χ2n) is 6.23. The number of rotatable bonds is 10. The first kappa shape index (κ1) is 20.7. The van der Waals surface area contributed by atoms with Crippen LogP contribution in [0.15, 0.2) is 46.9 Å². The van der Waals surface area contributed by atoms with Gasteiger partial charge >= 0.3 is 0 Å². The number of hydrogen-bond acceptors (Lipinski definition) is 6. The molecule has 0 aromatic heterocycles. The Labute approximate surface area is 163 Å². The zero-order valence-corrected chi connectivity index (χ0v) is 16.7. The molecule has 0 aliphatic carbocycles. The fourth-order valence-corrected chi connectivity index (χ4v) is 2.94. The van der Waals surface area contributed by atoms with Gasteiger partial charge in [0.15, 0.2) is 0 Å². The van der Waals surface area contributed by atoms with E-state index >= 15 is 0 Å². The first-order valence-electron chi connectivity index (χ1n) is 8.48. The van der Waals surface area contributed by atoms with Gasteiger partial charge in [0.2, 0.25) is 0 Å². The fraction of sp³-hybridized carbons (Fsp3) is 0.368. The van der Waals surface area contributed by atoms with Crippen molar-refractivity contribution in [3.63, 3.8) is 0 Å². The van der Waals surface area contributed by atoms with E-state index in [1.165, 1.54) is 5.56 Å². The lowest BCUT2D eigenvalue weighted by molar-refractivity contribution is 0.261. The van der Waals surface area contributed by atoms with Gasteiger partial charge in [0, 0.05) is 23.1 Å². The van der Waals surface area contributed by atoms with Crippen LogP contribution in [0.3, 0.4) is 0 Å². The molecule has 0 fully saturated rings. The van der Waals surface area contributed by atoms with E-state index in [-0.39, 0.29) is 10.9 Å². The van der Waals surface area contributed by atoms with Gasteiger partial charge < -0.3 is 25.4 Å². The monoisotopic (exact) mass is 422 g/mol. The van der Waals surface area contributed by atoms with Crippen LogP contribution in [0, 0.1) is 5.21 Å². The van der Waals surface area contributed by atoms with Gasteiger partial charge in [-0.3, -0.25) is 5.21 Å². The van der Waals surface area contributed by atoms with Crippen molar-refractivity contribution in [3.05, 3.63) is 63.3 Å². The summed E-state index contributed by atoms with van der Waals surface area (Å²) in [6.07, 6.45) is 0.859. The highest BCUT2D eigenvalue weighted by Crippen LogP contribution is 2.26. The zero-order chi connectivity index (χ0) is 18.9. The number of nitrogens with zero attached hydrogens (tertiary/aromatic N) is 2. The minimum Gasteiger partial charge on any atom is -0.733 e. The molecule has 0 unspecified atom stereocenters. The number of halogens is 1. The number of benzene rings is 2. The standard InChI is InChI=1S/C19H25BrN3O3/c1-22(2)12-13-26-16-8-6-15(7-9-16)10-11-21-14-17-18(20)4-3-5-19(17)23(24)25/h3-9,21,24H,10-14H2,1-2H3/q-1. The van der Waals surface area contributed by atoms with Gasteiger partial charge in [0.25, 0.3) is 0 Å². The SMILES string of the molecule is CN(C)CCOc1ccc(CCNCc2c(Br)cccc2N([O-])O)cc1. The predicted molar refractivity (Wildman–Crippen MR) is 108 cm³/mol. The molecule has 2 aromatic rings. The lowest BCUT2D eigenvalue weighted by Gasteiger charge is -2.25. The molecule has 0 amide bonds. The van der Waals surface area contributed by atoms with Gasteiger partial charge in [-0.15, -0.1) is 0 Å². The zero-order valence-electron chi connectivity index (χ0n) is 15.1. The van der Waals surface area contributed by atoms with Crippen LogP contribution in [0.25, 0.3) is 0 Å². The number of ether oxygens (including phenoxy) is 1. The molecule has 0 aliphatic heterocycles. The highest BCUT2D eigenvalue weighted by atomic mass is 79.9. The summed E-state index contributed by atoms with van der Waals surface area (Å²) in [4.78, 5) is 2.08. The molecule has 0 aliphatic rings. The quantitative estimate of drug-likeness (QED) is 0.451. The predicted octanol–water partition coefficient (Wildman–Crippen LogP) is 3.42. The fourth-order valence-electron chi connectivity index (χ4n) is 2.45. The first-order chi connectivity index (χ1) is 12.5. The van der Waals surface area contributed by atoms with Crippen molar-refractivity contribution >= 4 is 21.6 Å². The van der Waals surface area contributed by atoms with Crippen molar-refractivity contribution < 1.29 is 9.94 Å². The summed E-state index contributed by atoms with van der Waals surface area (Å²) >= 11 is 3.42. The van der Waals surface area contributed by atoms with E-state index in [0.717, 1.165) is 35.3 Å². The van der Waals surface area contributed by atoms with Crippen molar-refractivity contribution in [1.29, 1.82) is 0 Å². The minimum atomic E-state index is -0.100. The first-order valence-corrected chi connectivity index (χ1v) is 9.27. The minimum absolute atomic E-state index is 0.100. The molecular weight excluding hydrogens is 398 g/mol. The number of nitrogens with one attached hydrogen (secondary N) is 1. The summed E-state index contributed by atoms with van der Waals surface area (Å²) in [6.45, 7) is 2.80. The van der Waals surface area contributed by atoms with Crippen LogP contribution in [0.1, 0.15) is 11.1 Å². The summed E-state index contributed by atoms with van der Waals surface area (Å²) in [5.74, 6) is 0.875.